The molecule has 3 amide bonds. The maximum absolute atomic E-state index is 11.8. The van der Waals surface area contributed by atoms with E-state index in [-0.39, 0.29) is 18.0 Å². The van der Waals surface area contributed by atoms with Gasteiger partial charge in [0.25, 0.3) is 0 Å². The molecule has 0 aliphatic carbocycles. The van der Waals surface area contributed by atoms with Crippen LogP contribution in [0.25, 0.3) is 0 Å². The zero-order chi connectivity index (χ0) is 17.0. The predicted molar refractivity (Wildman–Crippen MR) is 88.9 cm³/mol. The Morgan fingerprint density at radius 1 is 1.05 bits per heavy atom. The number of hydrogen-bond donors (Lipinski definition) is 3. The van der Waals surface area contributed by atoms with Gasteiger partial charge in [0.1, 0.15) is 0 Å². The monoisotopic (exact) mass is 325 g/mol. The maximum Gasteiger partial charge on any atom is 0.321 e. The molecular weight excluding hydrogens is 302 g/mol. The van der Waals surface area contributed by atoms with E-state index in [1.165, 1.54) is 0 Å². The van der Waals surface area contributed by atoms with Crippen LogP contribution >= 0.6 is 11.6 Å². The smallest absolute Gasteiger partial charge is 0.321 e. The molecule has 0 atom stereocenters. The second-order valence-corrected chi connectivity index (χ2v) is 7.17. The Morgan fingerprint density at radius 3 is 2.09 bits per heavy atom. The van der Waals surface area contributed by atoms with E-state index in [0.29, 0.717) is 5.02 Å². The predicted octanol–water partition coefficient (Wildman–Crippen LogP) is 2.79. The minimum atomic E-state index is -0.497. The Morgan fingerprint density at radius 2 is 1.59 bits per heavy atom. The van der Waals surface area contributed by atoms with E-state index in [1.807, 2.05) is 46.8 Å². The van der Waals surface area contributed by atoms with Crippen LogP contribution in [0.15, 0.2) is 24.3 Å². The Kier molecular flexibility index (Phi) is 5.97. The molecule has 1 aromatic carbocycles. The molecule has 5 nitrogen and oxygen atoms in total. The van der Waals surface area contributed by atoms with Crippen LogP contribution in [0.2, 0.25) is 5.02 Å². The third-order valence-electron chi connectivity index (χ3n) is 3.00. The van der Waals surface area contributed by atoms with Gasteiger partial charge in [-0.1, -0.05) is 23.7 Å². The largest absolute Gasteiger partial charge is 0.333 e. The van der Waals surface area contributed by atoms with Crippen LogP contribution in [-0.4, -0.2) is 24.0 Å². The van der Waals surface area contributed by atoms with Crippen molar-refractivity contribution in [3.63, 3.8) is 0 Å². The first-order valence-electron chi connectivity index (χ1n) is 7.13. The van der Waals surface area contributed by atoms with Crippen LogP contribution in [0.1, 0.15) is 40.2 Å². The van der Waals surface area contributed by atoms with Crippen molar-refractivity contribution in [2.75, 3.05) is 6.54 Å². The van der Waals surface area contributed by atoms with Gasteiger partial charge in [0.05, 0.1) is 6.54 Å². The van der Waals surface area contributed by atoms with E-state index < -0.39 is 11.6 Å². The third-order valence-corrected chi connectivity index (χ3v) is 3.25. The molecule has 1 rings (SSSR count). The number of carbonyl (C=O) groups excluding carboxylic acids is 2. The van der Waals surface area contributed by atoms with Gasteiger partial charge in [0.15, 0.2) is 0 Å². The lowest BCUT2D eigenvalue weighted by Gasteiger charge is -2.27. The first-order valence-corrected chi connectivity index (χ1v) is 7.50. The van der Waals surface area contributed by atoms with Gasteiger partial charge in [-0.15, -0.1) is 0 Å². The average Bonchev–Trinajstić information content (AvgIpc) is 2.34. The molecule has 0 unspecified atom stereocenters. The van der Waals surface area contributed by atoms with E-state index in [9.17, 15) is 9.59 Å². The van der Waals surface area contributed by atoms with Gasteiger partial charge < -0.3 is 5.32 Å². The molecule has 0 heterocycles. The number of halogens is 1. The third kappa shape index (κ3) is 6.45. The summed E-state index contributed by atoms with van der Waals surface area (Å²) in [6, 6.07) is 6.91. The number of benzene rings is 1. The molecule has 1 aromatic rings. The summed E-state index contributed by atoms with van der Waals surface area (Å²) in [6.45, 7) is 9.49. The highest BCUT2D eigenvalue weighted by Crippen LogP contribution is 2.21. The van der Waals surface area contributed by atoms with Crippen molar-refractivity contribution in [2.45, 2.75) is 45.7 Å². The molecule has 22 heavy (non-hydrogen) atoms. The fraction of sp³-hybridized carbons (Fsp3) is 0.500. The number of amides is 3. The van der Waals surface area contributed by atoms with Crippen molar-refractivity contribution in [1.29, 1.82) is 0 Å². The van der Waals surface area contributed by atoms with E-state index in [1.54, 1.807) is 12.1 Å². The molecule has 0 saturated heterocycles. The standard InChI is InChI=1S/C16H24ClN3O2/c1-15(2,3)20-14(22)19-13(21)10-18-16(4,5)11-6-8-12(17)9-7-11/h6-9,18H,10H2,1-5H3,(H2,19,20,21,22). The normalized spacial score (nSPS) is 11.9. The number of carbonyl (C=O) groups is 2. The SMILES string of the molecule is CC(C)(C)NC(=O)NC(=O)CNC(C)(C)c1ccc(Cl)cc1. The first kappa shape index (κ1) is 18.5. The molecular formula is C16H24ClN3O2. The van der Waals surface area contributed by atoms with E-state index in [4.69, 9.17) is 11.6 Å². The maximum atomic E-state index is 11.8. The van der Waals surface area contributed by atoms with Crippen molar-refractivity contribution in [1.82, 2.24) is 16.0 Å². The van der Waals surface area contributed by atoms with E-state index >= 15 is 0 Å². The summed E-state index contributed by atoms with van der Waals surface area (Å²) in [7, 11) is 0. The zero-order valence-corrected chi connectivity index (χ0v) is 14.5. The molecule has 122 valence electrons. The van der Waals surface area contributed by atoms with Crippen molar-refractivity contribution in [3.05, 3.63) is 34.9 Å². The van der Waals surface area contributed by atoms with Crippen LogP contribution in [-0.2, 0) is 10.3 Å². The van der Waals surface area contributed by atoms with Crippen LogP contribution in [0.4, 0.5) is 4.79 Å². The summed E-state index contributed by atoms with van der Waals surface area (Å²) >= 11 is 5.87. The van der Waals surface area contributed by atoms with Crippen LogP contribution in [0.3, 0.4) is 0 Å². The number of hydrogen-bond acceptors (Lipinski definition) is 3. The van der Waals surface area contributed by atoms with Crippen LogP contribution in [0, 0.1) is 0 Å². The summed E-state index contributed by atoms with van der Waals surface area (Å²) < 4.78 is 0. The fourth-order valence-electron chi connectivity index (χ4n) is 1.81. The van der Waals surface area contributed by atoms with Crippen LogP contribution in [0.5, 0.6) is 0 Å². The first-order chi connectivity index (χ1) is 9.99. The van der Waals surface area contributed by atoms with Gasteiger partial charge in [-0.05, 0) is 52.3 Å². The number of nitrogens with one attached hydrogen (secondary N) is 3. The molecule has 3 N–H and O–H groups in total. The number of urea groups is 1. The van der Waals surface area contributed by atoms with Crippen molar-refractivity contribution in [3.8, 4) is 0 Å². The molecule has 0 aliphatic heterocycles. The summed E-state index contributed by atoms with van der Waals surface area (Å²) in [5.74, 6) is -0.385. The summed E-state index contributed by atoms with van der Waals surface area (Å²) in [6.07, 6.45) is 0. The highest BCUT2D eigenvalue weighted by molar-refractivity contribution is 6.30. The van der Waals surface area contributed by atoms with Gasteiger partial charge in [0.2, 0.25) is 5.91 Å². The van der Waals surface area contributed by atoms with Crippen LogP contribution < -0.4 is 16.0 Å². The zero-order valence-electron chi connectivity index (χ0n) is 13.7. The Hall–Kier alpha value is -1.59. The lowest BCUT2D eigenvalue weighted by atomic mass is 9.94. The van der Waals surface area contributed by atoms with Crippen molar-refractivity contribution < 1.29 is 9.59 Å². The van der Waals surface area contributed by atoms with Crippen molar-refractivity contribution >= 4 is 23.5 Å². The second-order valence-electron chi connectivity index (χ2n) is 6.74. The molecule has 0 aliphatic rings. The number of rotatable bonds is 4. The Balaban J connectivity index is 2.52. The van der Waals surface area contributed by atoms with Gasteiger partial charge in [-0.3, -0.25) is 15.4 Å². The Bertz CT molecular complexity index is 533. The highest BCUT2D eigenvalue weighted by atomic mass is 35.5. The lowest BCUT2D eigenvalue weighted by molar-refractivity contribution is -0.119. The minimum absolute atomic E-state index is 0.0349. The molecule has 0 saturated carbocycles. The van der Waals surface area contributed by atoms with Gasteiger partial charge >= 0.3 is 6.03 Å². The highest BCUT2D eigenvalue weighted by Gasteiger charge is 2.22. The van der Waals surface area contributed by atoms with Gasteiger partial charge in [-0.25, -0.2) is 4.79 Å². The summed E-state index contributed by atoms with van der Waals surface area (Å²) in [5.41, 5.74) is 0.201. The number of imide groups is 1. The second kappa shape index (κ2) is 7.11. The summed E-state index contributed by atoms with van der Waals surface area (Å²) in [4.78, 5) is 23.4. The minimum Gasteiger partial charge on any atom is -0.333 e. The molecule has 0 aromatic heterocycles. The quantitative estimate of drug-likeness (QED) is 0.797. The lowest BCUT2D eigenvalue weighted by Crippen LogP contribution is -2.51. The average molecular weight is 326 g/mol. The van der Waals surface area contributed by atoms with Gasteiger partial charge in [-0.2, -0.15) is 0 Å². The fourth-order valence-corrected chi connectivity index (χ4v) is 1.94. The molecule has 0 bridgehead atoms. The van der Waals surface area contributed by atoms with Crippen molar-refractivity contribution in [2.24, 2.45) is 0 Å². The topological polar surface area (TPSA) is 70.2 Å². The molecule has 0 spiro atoms. The molecule has 0 fully saturated rings. The Labute approximate surface area is 136 Å². The summed E-state index contributed by atoms with van der Waals surface area (Å²) in [5, 5.41) is 8.76. The van der Waals surface area contributed by atoms with E-state index in [2.05, 4.69) is 16.0 Å². The van der Waals surface area contributed by atoms with E-state index in [0.717, 1.165) is 5.56 Å². The molecule has 0 radical (unpaired) electrons. The van der Waals surface area contributed by atoms with Gasteiger partial charge in [0, 0.05) is 16.1 Å². The molecule has 6 heteroatoms.